The lowest BCUT2D eigenvalue weighted by atomic mass is 9.99. The molecule has 0 bridgehead atoms. The highest BCUT2D eigenvalue weighted by Gasteiger charge is 2.27. The molecule has 0 radical (unpaired) electrons. The van der Waals surface area contributed by atoms with Crippen LogP contribution in [-0.4, -0.2) is 18.3 Å². The van der Waals surface area contributed by atoms with E-state index in [9.17, 15) is 13.2 Å². The number of halogens is 3. The van der Waals surface area contributed by atoms with Crippen molar-refractivity contribution in [3.63, 3.8) is 0 Å². The number of hydrogen-bond acceptors (Lipinski definition) is 1. The topological polar surface area (TPSA) is 12.0 Å². The van der Waals surface area contributed by atoms with E-state index in [-0.39, 0.29) is 12.1 Å². The SMILES string of the molecule is CCCC(C)(C)NCCC(F)(F)F. The van der Waals surface area contributed by atoms with Crippen molar-refractivity contribution in [2.45, 2.75) is 51.7 Å². The van der Waals surface area contributed by atoms with Crippen LogP contribution >= 0.6 is 0 Å². The van der Waals surface area contributed by atoms with Gasteiger partial charge < -0.3 is 5.32 Å². The molecule has 0 atom stereocenters. The highest BCUT2D eigenvalue weighted by atomic mass is 19.4. The molecule has 0 aliphatic carbocycles. The Kier molecular flexibility index (Phi) is 4.75. The Morgan fingerprint density at radius 1 is 1.08 bits per heavy atom. The first-order valence-electron chi connectivity index (χ1n) is 4.58. The second-order valence-electron chi connectivity index (χ2n) is 3.93. The van der Waals surface area contributed by atoms with Gasteiger partial charge in [-0.05, 0) is 20.3 Å². The van der Waals surface area contributed by atoms with Gasteiger partial charge in [0.25, 0.3) is 0 Å². The second-order valence-corrected chi connectivity index (χ2v) is 3.93. The van der Waals surface area contributed by atoms with E-state index in [0.29, 0.717) is 0 Å². The molecule has 0 spiro atoms. The van der Waals surface area contributed by atoms with E-state index in [0.717, 1.165) is 12.8 Å². The molecular weight excluding hydrogens is 179 g/mol. The van der Waals surface area contributed by atoms with Crippen LogP contribution in [0.4, 0.5) is 13.2 Å². The zero-order valence-electron chi connectivity index (χ0n) is 8.46. The molecule has 0 aliphatic heterocycles. The summed E-state index contributed by atoms with van der Waals surface area (Å²) in [5.41, 5.74) is -0.181. The average Bonchev–Trinajstić information content (AvgIpc) is 1.82. The van der Waals surface area contributed by atoms with Crippen molar-refractivity contribution in [1.82, 2.24) is 5.32 Å². The third-order valence-corrected chi connectivity index (χ3v) is 1.89. The smallest absolute Gasteiger partial charge is 0.311 e. The summed E-state index contributed by atoms with van der Waals surface area (Å²) in [5.74, 6) is 0. The van der Waals surface area contributed by atoms with Gasteiger partial charge in [-0.25, -0.2) is 0 Å². The molecule has 0 unspecified atom stereocenters. The maximum absolute atomic E-state index is 11.8. The highest BCUT2D eigenvalue weighted by molar-refractivity contribution is 4.76. The second kappa shape index (κ2) is 4.84. The summed E-state index contributed by atoms with van der Waals surface area (Å²) in [4.78, 5) is 0. The fourth-order valence-electron chi connectivity index (χ4n) is 1.26. The maximum atomic E-state index is 11.8. The summed E-state index contributed by atoms with van der Waals surface area (Å²) in [7, 11) is 0. The molecule has 0 saturated heterocycles. The van der Waals surface area contributed by atoms with E-state index < -0.39 is 12.6 Å². The first kappa shape index (κ1) is 12.8. The Hall–Kier alpha value is -0.250. The van der Waals surface area contributed by atoms with Gasteiger partial charge in [-0.1, -0.05) is 13.3 Å². The van der Waals surface area contributed by atoms with Gasteiger partial charge in [0, 0.05) is 12.1 Å². The Labute approximate surface area is 77.7 Å². The van der Waals surface area contributed by atoms with Gasteiger partial charge in [0.1, 0.15) is 0 Å². The fourth-order valence-corrected chi connectivity index (χ4v) is 1.26. The van der Waals surface area contributed by atoms with E-state index in [4.69, 9.17) is 0 Å². The normalized spacial score (nSPS) is 13.4. The third-order valence-electron chi connectivity index (χ3n) is 1.89. The number of alkyl halides is 3. The minimum atomic E-state index is -4.05. The summed E-state index contributed by atoms with van der Waals surface area (Å²) >= 11 is 0. The van der Waals surface area contributed by atoms with Gasteiger partial charge in [0.2, 0.25) is 0 Å². The van der Waals surface area contributed by atoms with Gasteiger partial charge in [-0.15, -0.1) is 0 Å². The zero-order valence-corrected chi connectivity index (χ0v) is 8.46. The predicted octanol–water partition coefficient (Wildman–Crippen LogP) is 3.11. The Morgan fingerprint density at radius 3 is 2.00 bits per heavy atom. The Balaban J connectivity index is 3.63. The lowest BCUT2D eigenvalue weighted by Crippen LogP contribution is -2.40. The fraction of sp³-hybridized carbons (Fsp3) is 1.00. The van der Waals surface area contributed by atoms with E-state index in [1.165, 1.54) is 0 Å². The Bertz CT molecular complexity index is 140. The quantitative estimate of drug-likeness (QED) is 0.714. The largest absolute Gasteiger partial charge is 0.390 e. The molecule has 0 aliphatic rings. The number of rotatable bonds is 5. The van der Waals surface area contributed by atoms with Gasteiger partial charge in [-0.3, -0.25) is 0 Å². The maximum Gasteiger partial charge on any atom is 0.390 e. The first-order chi connectivity index (χ1) is 5.77. The molecule has 13 heavy (non-hydrogen) atoms. The van der Waals surface area contributed by atoms with Crippen molar-refractivity contribution in [2.75, 3.05) is 6.54 Å². The van der Waals surface area contributed by atoms with Gasteiger partial charge in [0.05, 0.1) is 6.42 Å². The van der Waals surface area contributed by atoms with Gasteiger partial charge >= 0.3 is 6.18 Å². The third kappa shape index (κ3) is 8.09. The molecule has 4 heteroatoms. The van der Waals surface area contributed by atoms with Crippen LogP contribution < -0.4 is 5.32 Å². The van der Waals surface area contributed by atoms with Crippen molar-refractivity contribution < 1.29 is 13.2 Å². The highest BCUT2D eigenvalue weighted by Crippen LogP contribution is 2.19. The standard InChI is InChI=1S/C9H18F3N/c1-4-5-8(2,3)13-7-6-9(10,11)12/h13H,4-7H2,1-3H3. The summed E-state index contributed by atoms with van der Waals surface area (Å²) < 4.78 is 35.3. The molecule has 0 aromatic rings. The van der Waals surface area contributed by atoms with Crippen LogP contribution in [0.2, 0.25) is 0 Å². The van der Waals surface area contributed by atoms with Crippen LogP contribution in [0.3, 0.4) is 0 Å². The van der Waals surface area contributed by atoms with Crippen molar-refractivity contribution in [3.05, 3.63) is 0 Å². The van der Waals surface area contributed by atoms with Crippen LogP contribution in [0, 0.1) is 0 Å². The molecule has 0 heterocycles. The molecular formula is C9H18F3N. The van der Waals surface area contributed by atoms with Crippen molar-refractivity contribution in [3.8, 4) is 0 Å². The van der Waals surface area contributed by atoms with Crippen LogP contribution in [0.25, 0.3) is 0 Å². The molecule has 1 N–H and O–H groups in total. The average molecular weight is 197 g/mol. The lowest BCUT2D eigenvalue weighted by Gasteiger charge is -2.26. The molecule has 0 aromatic heterocycles. The Morgan fingerprint density at radius 2 is 1.62 bits per heavy atom. The minimum Gasteiger partial charge on any atom is -0.311 e. The molecule has 1 nitrogen and oxygen atoms in total. The molecule has 0 amide bonds. The van der Waals surface area contributed by atoms with E-state index in [1.807, 2.05) is 20.8 Å². The molecule has 0 rings (SSSR count). The lowest BCUT2D eigenvalue weighted by molar-refractivity contribution is -0.134. The van der Waals surface area contributed by atoms with Crippen molar-refractivity contribution in [1.29, 1.82) is 0 Å². The predicted molar refractivity (Wildman–Crippen MR) is 47.7 cm³/mol. The van der Waals surface area contributed by atoms with Crippen molar-refractivity contribution in [2.24, 2.45) is 0 Å². The molecule has 80 valence electrons. The van der Waals surface area contributed by atoms with E-state index >= 15 is 0 Å². The van der Waals surface area contributed by atoms with Crippen molar-refractivity contribution >= 4 is 0 Å². The summed E-state index contributed by atoms with van der Waals surface area (Å²) in [6, 6.07) is 0. The van der Waals surface area contributed by atoms with Crippen LogP contribution in [-0.2, 0) is 0 Å². The minimum absolute atomic E-state index is 0.0104. The van der Waals surface area contributed by atoms with Gasteiger partial charge in [0.15, 0.2) is 0 Å². The molecule has 0 aromatic carbocycles. The summed E-state index contributed by atoms with van der Waals surface area (Å²) in [6.07, 6.45) is -2.92. The molecule has 0 saturated carbocycles. The van der Waals surface area contributed by atoms with Crippen LogP contribution in [0.15, 0.2) is 0 Å². The number of hydrogen-bond donors (Lipinski definition) is 1. The molecule has 0 fully saturated rings. The van der Waals surface area contributed by atoms with Crippen LogP contribution in [0.1, 0.15) is 40.0 Å². The summed E-state index contributed by atoms with van der Waals surface area (Å²) in [6.45, 7) is 5.88. The summed E-state index contributed by atoms with van der Waals surface area (Å²) in [5, 5.41) is 2.90. The zero-order chi connectivity index (χ0) is 10.5. The first-order valence-corrected chi connectivity index (χ1v) is 4.58. The van der Waals surface area contributed by atoms with E-state index in [2.05, 4.69) is 5.32 Å². The monoisotopic (exact) mass is 197 g/mol. The number of nitrogens with one attached hydrogen (secondary N) is 1. The van der Waals surface area contributed by atoms with Crippen LogP contribution in [0.5, 0.6) is 0 Å². The van der Waals surface area contributed by atoms with E-state index in [1.54, 1.807) is 0 Å². The van der Waals surface area contributed by atoms with Gasteiger partial charge in [-0.2, -0.15) is 13.2 Å².